The van der Waals surface area contributed by atoms with Crippen LogP contribution in [0.15, 0.2) is 18.2 Å². The first-order valence-corrected chi connectivity index (χ1v) is 7.13. The summed E-state index contributed by atoms with van der Waals surface area (Å²) in [6.45, 7) is 5.90. The molecule has 0 aliphatic carbocycles. The lowest BCUT2D eigenvalue weighted by molar-refractivity contribution is -0.384. The maximum absolute atomic E-state index is 10.7. The summed E-state index contributed by atoms with van der Waals surface area (Å²) in [7, 11) is 4.15. The van der Waals surface area contributed by atoms with E-state index in [-0.39, 0.29) is 5.69 Å². The van der Waals surface area contributed by atoms with Crippen LogP contribution in [0.25, 0.3) is 0 Å². The van der Waals surface area contributed by atoms with Gasteiger partial charge in [0.25, 0.3) is 5.69 Å². The van der Waals surface area contributed by atoms with E-state index in [1.54, 1.807) is 6.07 Å². The fraction of sp³-hybridized carbons (Fsp3) is 0.571. The number of nitrogen functional groups attached to an aromatic ring is 1. The van der Waals surface area contributed by atoms with Gasteiger partial charge in [-0.1, -0.05) is 0 Å². The third kappa shape index (κ3) is 4.05. The van der Waals surface area contributed by atoms with Crippen molar-refractivity contribution >= 4 is 17.1 Å². The molecular formula is C14H23N5O2. The van der Waals surface area contributed by atoms with Gasteiger partial charge in [0.05, 0.1) is 16.3 Å². The van der Waals surface area contributed by atoms with Crippen LogP contribution in [0.2, 0.25) is 0 Å². The lowest BCUT2D eigenvalue weighted by Crippen LogP contribution is -2.48. The van der Waals surface area contributed by atoms with Crippen LogP contribution in [-0.2, 0) is 0 Å². The highest BCUT2D eigenvalue weighted by atomic mass is 16.6. The number of piperazine rings is 1. The third-order valence-corrected chi connectivity index (χ3v) is 3.80. The van der Waals surface area contributed by atoms with Crippen LogP contribution in [0.5, 0.6) is 0 Å². The van der Waals surface area contributed by atoms with E-state index in [1.165, 1.54) is 12.1 Å². The summed E-state index contributed by atoms with van der Waals surface area (Å²) in [4.78, 5) is 17.1. The Hall–Kier alpha value is -1.86. The molecule has 0 saturated carbocycles. The maximum atomic E-state index is 10.7. The summed E-state index contributed by atoms with van der Waals surface area (Å²) in [6.07, 6.45) is 0. The molecule has 1 heterocycles. The molecule has 0 radical (unpaired) electrons. The molecule has 1 aromatic carbocycles. The van der Waals surface area contributed by atoms with Gasteiger partial charge in [0, 0.05) is 51.4 Å². The second kappa shape index (κ2) is 6.73. The van der Waals surface area contributed by atoms with E-state index < -0.39 is 4.92 Å². The van der Waals surface area contributed by atoms with E-state index in [1.807, 2.05) is 0 Å². The van der Waals surface area contributed by atoms with Crippen molar-refractivity contribution in [1.82, 2.24) is 9.80 Å². The number of nitro benzene ring substituents is 1. The lowest BCUT2D eigenvalue weighted by atomic mass is 10.2. The largest absolute Gasteiger partial charge is 0.397 e. The number of nitrogens with zero attached hydrogens (tertiary/aromatic N) is 4. The molecule has 1 saturated heterocycles. The normalized spacial score (nSPS) is 16.4. The zero-order valence-electron chi connectivity index (χ0n) is 12.7. The van der Waals surface area contributed by atoms with E-state index in [9.17, 15) is 10.1 Å². The van der Waals surface area contributed by atoms with Crippen molar-refractivity contribution in [2.75, 3.05) is 64.0 Å². The Balaban J connectivity index is 1.94. The van der Waals surface area contributed by atoms with E-state index in [0.29, 0.717) is 5.69 Å². The van der Waals surface area contributed by atoms with E-state index in [2.05, 4.69) is 28.8 Å². The lowest BCUT2D eigenvalue weighted by Gasteiger charge is -2.36. The molecule has 0 spiro atoms. The number of nitrogens with two attached hydrogens (primary N) is 1. The molecule has 0 amide bonds. The number of hydrogen-bond acceptors (Lipinski definition) is 6. The van der Waals surface area contributed by atoms with Crippen molar-refractivity contribution in [3.63, 3.8) is 0 Å². The maximum Gasteiger partial charge on any atom is 0.271 e. The van der Waals surface area contributed by atoms with E-state index in [4.69, 9.17) is 5.73 Å². The fourth-order valence-corrected chi connectivity index (χ4v) is 2.50. The van der Waals surface area contributed by atoms with Gasteiger partial charge in [-0.3, -0.25) is 15.0 Å². The van der Waals surface area contributed by atoms with Gasteiger partial charge in [0.2, 0.25) is 0 Å². The Kier molecular flexibility index (Phi) is 4.98. The molecule has 0 atom stereocenters. The number of benzene rings is 1. The quantitative estimate of drug-likeness (QED) is 0.493. The van der Waals surface area contributed by atoms with Crippen LogP contribution < -0.4 is 10.6 Å². The zero-order chi connectivity index (χ0) is 15.4. The first-order valence-electron chi connectivity index (χ1n) is 7.13. The molecule has 1 aromatic rings. The Morgan fingerprint density at radius 2 is 1.95 bits per heavy atom. The van der Waals surface area contributed by atoms with Gasteiger partial charge in [0.15, 0.2) is 0 Å². The highest BCUT2D eigenvalue weighted by Gasteiger charge is 2.19. The van der Waals surface area contributed by atoms with Crippen molar-refractivity contribution in [3.05, 3.63) is 28.3 Å². The van der Waals surface area contributed by atoms with Crippen molar-refractivity contribution in [1.29, 1.82) is 0 Å². The SMILES string of the molecule is CN(C)CCN1CCN(c2ccc([N+](=O)[O-])cc2N)CC1. The number of non-ortho nitro benzene ring substituents is 1. The van der Waals surface area contributed by atoms with Crippen LogP contribution in [0, 0.1) is 10.1 Å². The molecule has 116 valence electrons. The van der Waals surface area contributed by atoms with Gasteiger partial charge >= 0.3 is 0 Å². The Morgan fingerprint density at radius 1 is 1.29 bits per heavy atom. The first kappa shape index (κ1) is 15.5. The highest BCUT2D eigenvalue weighted by molar-refractivity contribution is 5.70. The molecule has 0 unspecified atom stereocenters. The van der Waals surface area contributed by atoms with Crippen molar-refractivity contribution < 1.29 is 4.92 Å². The van der Waals surface area contributed by atoms with Gasteiger partial charge in [-0.05, 0) is 20.2 Å². The minimum atomic E-state index is -0.417. The van der Waals surface area contributed by atoms with Crippen molar-refractivity contribution in [2.24, 2.45) is 0 Å². The van der Waals surface area contributed by atoms with Crippen molar-refractivity contribution in [3.8, 4) is 0 Å². The van der Waals surface area contributed by atoms with E-state index in [0.717, 1.165) is 45.0 Å². The molecule has 2 N–H and O–H groups in total. The first-order chi connectivity index (χ1) is 9.97. The monoisotopic (exact) mass is 293 g/mol. The molecule has 1 aliphatic heterocycles. The molecule has 7 nitrogen and oxygen atoms in total. The van der Waals surface area contributed by atoms with Crippen LogP contribution in [0.4, 0.5) is 17.1 Å². The topological polar surface area (TPSA) is 78.9 Å². The number of likely N-dealkylation sites (N-methyl/N-ethyl adjacent to an activating group) is 1. The van der Waals surface area contributed by atoms with Gasteiger partial charge < -0.3 is 15.5 Å². The second-order valence-corrected chi connectivity index (χ2v) is 5.63. The smallest absolute Gasteiger partial charge is 0.271 e. The third-order valence-electron chi connectivity index (χ3n) is 3.80. The van der Waals surface area contributed by atoms with Crippen molar-refractivity contribution in [2.45, 2.75) is 0 Å². The van der Waals surface area contributed by atoms with Crippen LogP contribution >= 0.6 is 0 Å². The van der Waals surface area contributed by atoms with Gasteiger partial charge in [-0.25, -0.2) is 0 Å². The molecule has 1 fully saturated rings. The molecule has 1 aliphatic rings. The van der Waals surface area contributed by atoms with E-state index >= 15 is 0 Å². The summed E-state index contributed by atoms with van der Waals surface area (Å²) in [5, 5.41) is 10.7. The second-order valence-electron chi connectivity index (χ2n) is 5.63. The number of nitro groups is 1. The summed E-state index contributed by atoms with van der Waals surface area (Å²) in [5.74, 6) is 0. The Bertz CT molecular complexity index is 498. The molecule has 2 rings (SSSR count). The number of anilines is 2. The minimum Gasteiger partial charge on any atom is -0.397 e. The number of rotatable bonds is 5. The predicted molar refractivity (Wildman–Crippen MR) is 84.7 cm³/mol. The zero-order valence-corrected chi connectivity index (χ0v) is 12.7. The van der Waals surface area contributed by atoms with Crippen LogP contribution in [0.1, 0.15) is 0 Å². The average Bonchev–Trinajstić information content (AvgIpc) is 2.45. The molecule has 7 heteroatoms. The average molecular weight is 293 g/mol. The highest BCUT2D eigenvalue weighted by Crippen LogP contribution is 2.28. The van der Waals surface area contributed by atoms with Gasteiger partial charge in [-0.2, -0.15) is 0 Å². The minimum absolute atomic E-state index is 0.0425. The Labute approximate surface area is 125 Å². The fourth-order valence-electron chi connectivity index (χ4n) is 2.50. The number of hydrogen-bond donors (Lipinski definition) is 1. The molecular weight excluding hydrogens is 270 g/mol. The van der Waals surface area contributed by atoms with Gasteiger partial charge in [-0.15, -0.1) is 0 Å². The van der Waals surface area contributed by atoms with Crippen LogP contribution in [-0.4, -0.2) is 68.1 Å². The molecule has 21 heavy (non-hydrogen) atoms. The Morgan fingerprint density at radius 3 is 2.48 bits per heavy atom. The summed E-state index contributed by atoms with van der Waals surface area (Å²) in [5.41, 5.74) is 7.37. The summed E-state index contributed by atoms with van der Waals surface area (Å²) < 4.78 is 0. The van der Waals surface area contributed by atoms with Crippen LogP contribution in [0.3, 0.4) is 0 Å². The summed E-state index contributed by atoms with van der Waals surface area (Å²) >= 11 is 0. The van der Waals surface area contributed by atoms with Gasteiger partial charge in [0.1, 0.15) is 0 Å². The summed E-state index contributed by atoms with van der Waals surface area (Å²) in [6, 6.07) is 4.71. The predicted octanol–water partition coefficient (Wildman–Crippen LogP) is 0.861. The molecule has 0 bridgehead atoms. The standard InChI is InChI=1S/C14H23N5O2/c1-16(2)5-6-17-7-9-18(10-8-17)14-4-3-12(19(20)21)11-13(14)15/h3-4,11H,5-10,15H2,1-2H3. The molecule has 0 aromatic heterocycles.